The summed E-state index contributed by atoms with van der Waals surface area (Å²) in [6.07, 6.45) is 11.0. The molecule has 1 aliphatic heterocycles. The van der Waals surface area contributed by atoms with E-state index in [-0.39, 0.29) is 5.91 Å². The number of nitrogens with zero attached hydrogens (tertiary/aromatic N) is 3. The van der Waals surface area contributed by atoms with Crippen LogP contribution >= 0.6 is 0 Å². The lowest BCUT2D eigenvalue weighted by Gasteiger charge is -2.38. The van der Waals surface area contributed by atoms with E-state index in [1.807, 2.05) is 4.90 Å². The zero-order valence-corrected chi connectivity index (χ0v) is 14.4. The molecule has 0 aromatic heterocycles. The normalized spacial score (nSPS) is 22.1. The van der Waals surface area contributed by atoms with E-state index in [2.05, 4.69) is 15.7 Å². The number of rotatable bonds is 6. The molecule has 1 heterocycles. The van der Waals surface area contributed by atoms with Crippen molar-refractivity contribution in [3.05, 3.63) is 0 Å². The molecule has 130 valence electrons. The van der Waals surface area contributed by atoms with Crippen molar-refractivity contribution < 1.29 is 9.90 Å². The van der Waals surface area contributed by atoms with Gasteiger partial charge in [-0.15, -0.1) is 6.42 Å². The Bertz CT molecular complexity index is 405. The van der Waals surface area contributed by atoms with Gasteiger partial charge in [-0.25, -0.2) is 0 Å². The maximum absolute atomic E-state index is 12.6. The van der Waals surface area contributed by atoms with Crippen LogP contribution in [0.1, 0.15) is 39.0 Å². The summed E-state index contributed by atoms with van der Waals surface area (Å²) < 4.78 is 0. The minimum atomic E-state index is -0.391. The van der Waals surface area contributed by atoms with Crippen LogP contribution in [0.5, 0.6) is 0 Å². The van der Waals surface area contributed by atoms with Gasteiger partial charge in [-0.05, 0) is 19.8 Å². The van der Waals surface area contributed by atoms with Crippen molar-refractivity contribution in [3.8, 4) is 12.3 Å². The van der Waals surface area contributed by atoms with Crippen LogP contribution in [0.4, 0.5) is 0 Å². The lowest BCUT2D eigenvalue weighted by molar-refractivity contribution is -0.135. The highest BCUT2D eigenvalue weighted by Crippen LogP contribution is 2.23. The van der Waals surface area contributed by atoms with Gasteiger partial charge in [0.2, 0.25) is 5.91 Å². The zero-order valence-electron chi connectivity index (χ0n) is 14.4. The second kappa shape index (κ2) is 9.27. The van der Waals surface area contributed by atoms with Gasteiger partial charge in [0, 0.05) is 38.8 Å². The Labute approximate surface area is 140 Å². The molecule has 0 aromatic rings. The van der Waals surface area contributed by atoms with Gasteiger partial charge in [0.25, 0.3) is 0 Å². The Morgan fingerprint density at radius 1 is 1.26 bits per heavy atom. The molecular formula is C18H31N3O2. The summed E-state index contributed by atoms with van der Waals surface area (Å²) in [4.78, 5) is 19.0. The van der Waals surface area contributed by atoms with Crippen LogP contribution < -0.4 is 0 Å². The van der Waals surface area contributed by atoms with Crippen LogP contribution in [-0.2, 0) is 4.79 Å². The van der Waals surface area contributed by atoms with Crippen LogP contribution in [-0.4, -0.2) is 83.7 Å². The number of terminal acetylenes is 1. The molecule has 1 amide bonds. The molecule has 2 fully saturated rings. The standard InChI is InChI=1S/C18H31N3O2/c1-3-9-19-10-12-20(13-11-19)18(23)15-21(14-16(2)22)17-7-5-4-6-8-17/h1,16-17,22H,4-15H2,2H3. The molecule has 1 aliphatic carbocycles. The maximum atomic E-state index is 12.6. The van der Waals surface area contributed by atoms with Crippen molar-refractivity contribution in [1.29, 1.82) is 0 Å². The molecule has 0 bridgehead atoms. The number of hydrogen-bond acceptors (Lipinski definition) is 4. The topological polar surface area (TPSA) is 47.0 Å². The van der Waals surface area contributed by atoms with Crippen LogP contribution in [0, 0.1) is 12.3 Å². The molecule has 5 heteroatoms. The van der Waals surface area contributed by atoms with Gasteiger partial charge in [-0.2, -0.15) is 0 Å². The molecule has 0 aromatic carbocycles. The van der Waals surface area contributed by atoms with Crippen LogP contribution in [0.2, 0.25) is 0 Å². The third kappa shape index (κ3) is 5.80. The van der Waals surface area contributed by atoms with E-state index in [0.29, 0.717) is 25.7 Å². The predicted molar refractivity (Wildman–Crippen MR) is 92.0 cm³/mol. The minimum Gasteiger partial charge on any atom is -0.392 e. The van der Waals surface area contributed by atoms with E-state index in [9.17, 15) is 9.90 Å². The molecule has 0 radical (unpaired) electrons. The van der Waals surface area contributed by atoms with Crippen molar-refractivity contribution in [2.45, 2.75) is 51.2 Å². The van der Waals surface area contributed by atoms with Gasteiger partial charge in [-0.3, -0.25) is 14.6 Å². The third-order valence-electron chi connectivity index (χ3n) is 4.97. The summed E-state index contributed by atoms with van der Waals surface area (Å²) in [5.74, 6) is 2.86. The van der Waals surface area contributed by atoms with Gasteiger partial charge < -0.3 is 10.0 Å². The molecule has 1 saturated carbocycles. The highest BCUT2D eigenvalue weighted by atomic mass is 16.3. The third-order valence-corrected chi connectivity index (χ3v) is 4.97. The first-order valence-corrected chi connectivity index (χ1v) is 8.96. The Kier molecular flexibility index (Phi) is 7.35. The van der Waals surface area contributed by atoms with Crippen LogP contribution in [0.15, 0.2) is 0 Å². The summed E-state index contributed by atoms with van der Waals surface area (Å²) in [5, 5.41) is 9.78. The minimum absolute atomic E-state index is 0.191. The smallest absolute Gasteiger partial charge is 0.236 e. The van der Waals surface area contributed by atoms with Gasteiger partial charge >= 0.3 is 0 Å². The first-order valence-electron chi connectivity index (χ1n) is 8.96. The Balaban J connectivity index is 1.86. The predicted octanol–water partition coefficient (Wildman–Crippen LogP) is 0.779. The molecule has 1 N–H and O–H groups in total. The SMILES string of the molecule is C#CCN1CCN(C(=O)CN(CC(C)O)C2CCCCC2)CC1. The lowest BCUT2D eigenvalue weighted by Crippen LogP contribution is -2.53. The van der Waals surface area contributed by atoms with E-state index < -0.39 is 6.10 Å². The molecule has 1 saturated heterocycles. The van der Waals surface area contributed by atoms with E-state index in [1.165, 1.54) is 19.3 Å². The number of amides is 1. The average Bonchev–Trinajstić information content (AvgIpc) is 2.55. The largest absolute Gasteiger partial charge is 0.392 e. The first kappa shape index (κ1) is 18.3. The fourth-order valence-electron chi connectivity index (χ4n) is 3.69. The van der Waals surface area contributed by atoms with Gasteiger partial charge in [0.15, 0.2) is 0 Å². The van der Waals surface area contributed by atoms with Crippen molar-refractivity contribution in [2.24, 2.45) is 0 Å². The molecule has 2 rings (SSSR count). The maximum Gasteiger partial charge on any atom is 0.236 e. The molecule has 5 nitrogen and oxygen atoms in total. The number of aliphatic hydroxyl groups excluding tert-OH is 1. The quantitative estimate of drug-likeness (QED) is 0.735. The molecule has 2 aliphatic rings. The van der Waals surface area contributed by atoms with Crippen LogP contribution in [0.25, 0.3) is 0 Å². The first-order chi connectivity index (χ1) is 11.1. The Morgan fingerprint density at radius 2 is 1.91 bits per heavy atom. The summed E-state index contributed by atoms with van der Waals surface area (Å²) in [7, 11) is 0. The molecule has 1 atom stereocenters. The fraction of sp³-hybridized carbons (Fsp3) is 0.833. The summed E-state index contributed by atoms with van der Waals surface area (Å²) in [6, 6.07) is 0.449. The van der Waals surface area contributed by atoms with Crippen LogP contribution in [0.3, 0.4) is 0 Å². The van der Waals surface area contributed by atoms with Gasteiger partial charge in [0.1, 0.15) is 0 Å². The Morgan fingerprint density at radius 3 is 2.48 bits per heavy atom. The highest BCUT2D eigenvalue weighted by Gasteiger charge is 2.27. The van der Waals surface area contributed by atoms with Gasteiger partial charge in [0.05, 0.1) is 19.2 Å². The van der Waals surface area contributed by atoms with Crippen molar-refractivity contribution in [2.75, 3.05) is 45.8 Å². The number of carbonyl (C=O) groups is 1. The second-order valence-corrected chi connectivity index (χ2v) is 6.93. The van der Waals surface area contributed by atoms with E-state index in [1.54, 1.807) is 6.92 Å². The lowest BCUT2D eigenvalue weighted by atomic mass is 9.94. The number of carbonyl (C=O) groups excluding carboxylic acids is 1. The fourth-order valence-corrected chi connectivity index (χ4v) is 3.69. The summed E-state index contributed by atoms with van der Waals surface area (Å²) in [6.45, 7) is 6.72. The summed E-state index contributed by atoms with van der Waals surface area (Å²) in [5.41, 5.74) is 0. The molecular weight excluding hydrogens is 290 g/mol. The molecule has 23 heavy (non-hydrogen) atoms. The van der Waals surface area contributed by atoms with Crippen molar-refractivity contribution in [3.63, 3.8) is 0 Å². The van der Waals surface area contributed by atoms with Gasteiger partial charge in [-0.1, -0.05) is 25.2 Å². The molecule has 0 spiro atoms. The van der Waals surface area contributed by atoms with E-state index in [4.69, 9.17) is 6.42 Å². The number of hydrogen-bond donors (Lipinski definition) is 1. The molecule has 1 unspecified atom stereocenters. The number of piperazine rings is 1. The summed E-state index contributed by atoms with van der Waals surface area (Å²) >= 11 is 0. The van der Waals surface area contributed by atoms with E-state index >= 15 is 0 Å². The van der Waals surface area contributed by atoms with Crippen molar-refractivity contribution >= 4 is 5.91 Å². The monoisotopic (exact) mass is 321 g/mol. The Hall–Kier alpha value is -1.09. The highest BCUT2D eigenvalue weighted by molar-refractivity contribution is 5.78. The second-order valence-electron chi connectivity index (χ2n) is 6.93. The van der Waals surface area contributed by atoms with Crippen molar-refractivity contribution in [1.82, 2.24) is 14.7 Å². The zero-order chi connectivity index (χ0) is 16.7. The van der Waals surface area contributed by atoms with E-state index in [0.717, 1.165) is 39.0 Å². The average molecular weight is 321 g/mol. The number of aliphatic hydroxyl groups is 1.